The van der Waals surface area contributed by atoms with Crippen LogP contribution in [0.25, 0.3) is 0 Å². The van der Waals surface area contributed by atoms with Gasteiger partial charge in [0.15, 0.2) is 5.78 Å². The van der Waals surface area contributed by atoms with Crippen molar-refractivity contribution in [3.05, 3.63) is 29.3 Å². The molecule has 0 aliphatic rings. The van der Waals surface area contributed by atoms with Crippen LogP contribution in [-0.4, -0.2) is 19.4 Å². The van der Waals surface area contributed by atoms with E-state index in [0.29, 0.717) is 24.3 Å². The first-order valence-corrected chi connectivity index (χ1v) is 5.82. The average molecular weight is 235 g/mol. The molecule has 0 atom stereocenters. The SMILES string of the molecule is COc1ccc(C)cc1C(=O)C(C)(C)CCN. The smallest absolute Gasteiger partial charge is 0.172 e. The van der Waals surface area contributed by atoms with Crippen LogP contribution in [0.3, 0.4) is 0 Å². The van der Waals surface area contributed by atoms with E-state index in [9.17, 15) is 4.79 Å². The molecule has 3 heteroatoms. The molecule has 17 heavy (non-hydrogen) atoms. The highest BCUT2D eigenvalue weighted by Crippen LogP contribution is 2.30. The molecule has 0 fully saturated rings. The van der Waals surface area contributed by atoms with E-state index in [4.69, 9.17) is 10.5 Å². The van der Waals surface area contributed by atoms with Crippen molar-refractivity contribution in [2.24, 2.45) is 11.1 Å². The molecule has 94 valence electrons. The molecule has 0 saturated heterocycles. The van der Waals surface area contributed by atoms with Gasteiger partial charge in [0.2, 0.25) is 0 Å². The van der Waals surface area contributed by atoms with Crippen LogP contribution in [0, 0.1) is 12.3 Å². The summed E-state index contributed by atoms with van der Waals surface area (Å²) in [4.78, 5) is 12.5. The third-order valence-corrected chi connectivity index (χ3v) is 2.98. The van der Waals surface area contributed by atoms with Crippen molar-refractivity contribution in [3.8, 4) is 5.75 Å². The molecule has 0 amide bonds. The van der Waals surface area contributed by atoms with Crippen LogP contribution in [0.15, 0.2) is 18.2 Å². The Balaban J connectivity index is 3.15. The summed E-state index contributed by atoms with van der Waals surface area (Å²) >= 11 is 0. The van der Waals surface area contributed by atoms with E-state index in [2.05, 4.69) is 0 Å². The molecule has 0 radical (unpaired) electrons. The van der Waals surface area contributed by atoms with Gasteiger partial charge in [-0.1, -0.05) is 25.5 Å². The van der Waals surface area contributed by atoms with Crippen LogP contribution in [-0.2, 0) is 0 Å². The minimum atomic E-state index is -0.449. The molecule has 1 rings (SSSR count). The van der Waals surface area contributed by atoms with Gasteiger partial charge in [-0.15, -0.1) is 0 Å². The summed E-state index contributed by atoms with van der Waals surface area (Å²) in [7, 11) is 1.58. The second kappa shape index (κ2) is 5.32. The summed E-state index contributed by atoms with van der Waals surface area (Å²) in [6, 6.07) is 5.64. The summed E-state index contributed by atoms with van der Waals surface area (Å²) < 4.78 is 5.24. The zero-order valence-electron chi connectivity index (χ0n) is 11.0. The maximum Gasteiger partial charge on any atom is 0.172 e. The minimum absolute atomic E-state index is 0.0866. The molecule has 0 unspecified atom stereocenters. The van der Waals surface area contributed by atoms with Crippen molar-refractivity contribution in [2.75, 3.05) is 13.7 Å². The lowest BCUT2D eigenvalue weighted by Crippen LogP contribution is -2.27. The number of nitrogens with two attached hydrogens (primary N) is 1. The van der Waals surface area contributed by atoms with Gasteiger partial charge in [0.05, 0.1) is 12.7 Å². The van der Waals surface area contributed by atoms with Crippen molar-refractivity contribution >= 4 is 5.78 Å². The molecule has 0 heterocycles. The van der Waals surface area contributed by atoms with Crippen molar-refractivity contribution in [3.63, 3.8) is 0 Å². The van der Waals surface area contributed by atoms with Crippen molar-refractivity contribution < 1.29 is 9.53 Å². The van der Waals surface area contributed by atoms with Gasteiger partial charge in [0.25, 0.3) is 0 Å². The molecule has 0 aliphatic heterocycles. The maximum absolute atomic E-state index is 12.5. The molecule has 1 aromatic carbocycles. The summed E-state index contributed by atoms with van der Waals surface area (Å²) in [5.74, 6) is 0.717. The fourth-order valence-corrected chi connectivity index (χ4v) is 1.84. The molecular weight excluding hydrogens is 214 g/mol. The van der Waals surface area contributed by atoms with Gasteiger partial charge in [-0.25, -0.2) is 0 Å². The zero-order valence-corrected chi connectivity index (χ0v) is 11.0. The number of carbonyl (C=O) groups excluding carboxylic acids is 1. The second-order valence-corrected chi connectivity index (χ2v) is 4.96. The van der Waals surface area contributed by atoms with Crippen molar-refractivity contribution in [2.45, 2.75) is 27.2 Å². The van der Waals surface area contributed by atoms with Crippen LogP contribution in [0.1, 0.15) is 36.2 Å². The highest BCUT2D eigenvalue weighted by molar-refractivity contribution is 6.02. The van der Waals surface area contributed by atoms with Gasteiger partial charge in [-0.3, -0.25) is 4.79 Å². The van der Waals surface area contributed by atoms with Crippen molar-refractivity contribution in [1.82, 2.24) is 0 Å². The van der Waals surface area contributed by atoms with E-state index >= 15 is 0 Å². The Morgan fingerprint density at radius 2 is 2.06 bits per heavy atom. The Morgan fingerprint density at radius 3 is 2.59 bits per heavy atom. The Kier molecular flexibility index (Phi) is 4.29. The highest BCUT2D eigenvalue weighted by atomic mass is 16.5. The fraction of sp³-hybridized carbons (Fsp3) is 0.500. The Labute approximate surface area is 103 Å². The number of aryl methyl sites for hydroxylation is 1. The number of methoxy groups -OCH3 is 1. The first-order chi connectivity index (χ1) is 7.92. The van der Waals surface area contributed by atoms with Gasteiger partial charge < -0.3 is 10.5 Å². The second-order valence-electron chi connectivity index (χ2n) is 4.96. The van der Waals surface area contributed by atoms with E-state index in [-0.39, 0.29) is 5.78 Å². The lowest BCUT2D eigenvalue weighted by molar-refractivity contribution is 0.0826. The lowest BCUT2D eigenvalue weighted by atomic mass is 9.81. The Bertz CT molecular complexity index is 411. The van der Waals surface area contributed by atoms with Gasteiger partial charge >= 0.3 is 0 Å². The van der Waals surface area contributed by atoms with Crippen LogP contribution >= 0.6 is 0 Å². The number of hydrogen-bond donors (Lipinski definition) is 1. The quantitative estimate of drug-likeness (QED) is 0.798. The number of ketones is 1. The fourth-order valence-electron chi connectivity index (χ4n) is 1.84. The maximum atomic E-state index is 12.5. The summed E-state index contributed by atoms with van der Waals surface area (Å²) in [6.45, 7) is 6.31. The summed E-state index contributed by atoms with van der Waals surface area (Å²) in [6.07, 6.45) is 0.670. The largest absolute Gasteiger partial charge is 0.496 e. The van der Waals surface area contributed by atoms with Crippen LogP contribution in [0.4, 0.5) is 0 Å². The zero-order chi connectivity index (χ0) is 13.1. The molecule has 3 nitrogen and oxygen atoms in total. The topological polar surface area (TPSA) is 52.3 Å². The number of benzene rings is 1. The van der Waals surface area contributed by atoms with Gasteiger partial charge in [0.1, 0.15) is 5.75 Å². The van der Waals surface area contributed by atoms with E-state index < -0.39 is 5.41 Å². The van der Waals surface area contributed by atoms with Crippen LogP contribution in [0.2, 0.25) is 0 Å². The minimum Gasteiger partial charge on any atom is -0.496 e. The van der Waals surface area contributed by atoms with Gasteiger partial charge in [-0.2, -0.15) is 0 Å². The van der Waals surface area contributed by atoms with Crippen LogP contribution in [0.5, 0.6) is 5.75 Å². The molecular formula is C14H21NO2. The van der Waals surface area contributed by atoms with Crippen molar-refractivity contribution in [1.29, 1.82) is 0 Å². The standard InChI is InChI=1S/C14H21NO2/c1-10-5-6-12(17-4)11(9-10)13(16)14(2,3)7-8-15/h5-6,9H,7-8,15H2,1-4H3. The first kappa shape index (κ1) is 13.7. The average Bonchev–Trinajstić information content (AvgIpc) is 2.28. The lowest BCUT2D eigenvalue weighted by Gasteiger charge is -2.23. The number of rotatable bonds is 5. The molecule has 0 aliphatic carbocycles. The predicted molar refractivity (Wildman–Crippen MR) is 69.5 cm³/mol. The third-order valence-electron chi connectivity index (χ3n) is 2.98. The highest BCUT2D eigenvalue weighted by Gasteiger charge is 2.29. The van der Waals surface area contributed by atoms with E-state index in [1.165, 1.54) is 0 Å². The Hall–Kier alpha value is -1.35. The number of carbonyl (C=O) groups is 1. The number of hydrogen-bond acceptors (Lipinski definition) is 3. The molecule has 0 spiro atoms. The van der Waals surface area contributed by atoms with E-state index in [1.807, 2.05) is 39.0 Å². The molecule has 2 N–H and O–H groups in total. The number of Topliss-reactive ketones (excluding diaryl/α,β-unsaturated/α-hetero) is 1. The predicted octanol–water partition coefficient (Wildman–Crippen LogP) is 2.56. The molecule has 1 aromatic rings. The molecule has 0 bridgehead atoms. The first-order valence-electron chi connectivity index (χ1n) is 5.82. The number of ether oxygens (including phenoxy) is 1. The Morgan fingerprint density at radius 1 is 1.41 bits per heavy atom. The third kappa shape index (κ3) is 3.07. The molecule has 0 aromatic heterocycles. The monoisotopic (exact) mass is 235 g/mol. The van der Waals surface area contributed by atoms with Gasteiger partial charge in [-0.05, 0) is 32.0 Å². The van der Waals surface area contributed by atoms with E-state index in [0.717, 1.165) is 5.56 Å². The summed E-state index contributed by atoms with van der Waals surface area (Å²) in [5, 5.41) is 0. The van der Waals surface area contributed by atoms with Gasteiger partial charge in [0, 0.05) is 5.41 Å². The van der Waals surface area contributed by atoms with E-state index in [1.54, 1.807) is 7.11 Å². The van der Waals surface area contributed by atoms with Crippen LogP contribution < -0.4 is 10.5 Å². The summed E-state index contributed by atoms with van der Waals surface area (Å²) in [5.41, 5.74) is 6.80. The molecule has 0 saturated carbocycles. The normalized spacial score (nSPS) is 11.4.